The molecule has 0 bridgehead atoms. The van der Waals surface area contributed by atoms with Crippen LogP contribution in [-0.2, 0) is 4.79 Å². The molecule has 0 saturated heterocycles. The molecule has 0 aromatic carbocycles. The molecule has 1 aliphatic heterocycles. The summed E-state index contributed by atoms with van der Waals surface area (Å²) in [4.78, 5) is 12.5. The van der Waals surface area contributed by atoms with E-state index in [4.69, 9.17) is 5.11 Å². The van der Waals surface area contributed by atoms with Crippen LogP contribution in [0.5, 0.6) is 0 Å². The van der Waals surface area contributed by atoms with Gasteiger partial charge in [-0.3, -0.25) is 9.69 Å². The molecular weight excluding hydrogens is 142 g/mol. The molecule has 1 rings (SSSR count). The fraction of sp³-hybridized carbons (Fsp3) is 0.625. The third kappa shape index (κ3) is 2.05. The molecule has 0 amide bonds. The second-order valence-electron chi connectivity index (χ2n) is 2.77. The number of hydrogen-bond acceptors (Lipinski definition) is 2. The van der Waals surface area contributed by atoms with E-state index in [9.17, 15) is 4.79 Å². The minimum atomic E-state index is -0.736. The third-order valence-corrected chi connectivity index (χ3v) is 1.99. The number of carbonyl (C=O) groups is 1. The van der Waals surface area contributed by atoms with E-state index >= 15 is 0 Å². The minimum Gasteiger partial charge on any atom is -0.480 e. The van der Waals surface area contributed by atoms with Crippen molar-refractivity contribution in [2.24, 2.45) is 0 Å². The number of hydrogen-bond donors (Lipinski definition) is 1. The van der Waals surface area contributed by atoms with Gasteiger partial charge in [0.05, 0.1) is 0 Å². The Morgan fingerprint density at radius 3 is 2.82 bits per heavy atom. The Morgan fingerprint density at radius 2 is 2.36 bits per heavy atom. The van der Waals surface area contributed by atoms with Crippen LogP contribution < -0.4 is 0 Å². The van der Waals surface area contributed by atoms with Gasteiger partial charge in [0.1, 0.15) is 6.04 Å². The summed E-state index contributed by atoms with van der Waals surface area (Å²) in [6.45, 7) is 3.36. The van der Waals surface area contributed by atoms with Gasteiger partial charge in [-0.1, -0.05) is 12.2 Å². The third-order valence-electron chi connectivity index (χ3n) is 1.99. The van der Waals surface area contributed by atoms with Gasteiger partial charge in [0.25, 0.3) is 0 Å². The van der Waals surface area contributed by atoms with Crippen molar-refractivity contribution in [3.63, 3.8) is 0 Å². The van der Waals surface area contributed by atoms with Gasteiger partial charge in [-0.2, -0.15) is 0 Å². The normalized spacial score (nSPS) is 21.5. The SMILES string of the molecule is CC(C(=O)O)N1CC=CCC1. The van der Waals surface area contributed by atoms with Crippen molar-refractivity contribution >= 4 is 5.97 Å². The monoisotopic (exact) mass is 155 g/mol. The summed E-state index contributed by atoms with van der Waals surface area (Å²) in [6.07, 6.45) is 5.08. The second kappa shape index (κ2) is 3.53. The topological polar surface area (TPSA) is 40.5 Å². The highest BCUT2D eigenvalue weighted by Gasteiger charge is 2.19. The lowest BCUT2D eigenvalue weighted by atomic mass is 10.2. The van der Waals surface area contributed by atoms with Crippen LogP contribution in [0.2, 0.25) is 0 Å². The van der Waals surface area contributed by atoms with Crippen molar-refractivity contribution < 1.29 is 9.90 Å². The first-order valence-corrected chi connectivity index (χ1v) is 3.83. The Hall–Kier alpha value is -0.830. The highest BCUT2D eigenvalue weighted by Crippen LogP contribution is 2.05. The number of nitrogens with zero attached hydrogens (tertiary/aromatic N) is 1. The molecule has 62 valence electrons. The summed E-state index contributed by atoms with van der Waals surface area (Å²) in [5.41, 5.74) is 0. The van der Waals surface area contributed by atoms with Gasteiger partial charge in [0.15, 0.2) is 0 Å². The highest BCUT2D eigenvalue weighted by molar-refractivity contribution is 5.72. The van der Waals surface area contributed by atoms with Gasteiger partial charge >= 0.3 is 5.97 Å². The summed E-state index contributed by atoms with van der Waals surface area (Å²) in [5.74, 6) is -0.736. The van der Waals surface area contributed by atoms with Gasteiger partial charge < -0.3 is 5.11 Å². The first-order valence-electron chi connectivity index (χ1n) is 3.83. The number of carboxylic acids is 1. The number of carboxylic acid groups (broad SMARTS) is 1. The molecule has 3 heteroatoms. The summed E-state index contributed by atoms with van der Waals surface area (Å²) < 4.78 is 0. The second-order valence-corrected chi connectivity index (χ2v) is 2.77. The average molecular weight is 155 g/mol. The Bertz CT molecular complexity index is 177. The van der Waals surface area contributed by atoms with Gasteiger partial charge in [0, 0.05) is 13.1 Å². The van der Waals surface area contributed by atoms with Crippen LogP contribution in [0.4, 0.5) is 0 Å². The van der Waals surface area contributed by atoms with Crippen molar-refractivity contribution in [2.45, 2.75) is 19.4 Å². The zero-order chi connectivity index (χ0) is 8.27. The van der Waals surface area contributed by atoms with E-state index in [2.05, 4.69) is 6.08 Å². The first kappa shape index (κ1) is 8.27. The lowest BCUT2D eigenvalue weighted by Crippen LogP contribution is -2.40. The van der Waals surface area contributed by atoms with E-state index in [1.807, 2.05) is 11.0 Å². The maximum Gasteiger partial charge on any atom is 0.320 e. The molecule has 11 heavy (non-hydrogen) atoms. The average Bonchev–Trinajstić information content (AvgIpc) is 2.05. The van der Waals surface area contributed by atoms with E-state index in [1.54, 1.807) is 6.92 Å². The standard InChI is InChI=1S/C8H13NO2/c1-7(8(10)11)9-5-3-2-4-6-9/h2-3,7H,4-6H2,1H3,(H,10,11). The van der Waals surface area contributed by atoms with Crippen molar-refractivity contribution in [1.29, 1.82) is 0 Å². The van der Waals surface area contributed by atoms with Crippen LogP contribution >= 0.6 is 0 Å². The number of rotatable bonds is 2. The van der Waals surface area contributed by atoms with Crippen LogP contribution in [0.3, 0.4) is 0 Å². The molecule has 1 heterocycles. The van der Waals surface area contributed by atoms with Crippen molar-refractivity contribution in [3.8, 4) is 0 Å². The van der Waals surface area contributed by atoms with Crippen molar-refractivity contribution in [1.82, 2.24) is 4.90 Å². The molecule has 0 saturated carbocycles. The van der Waals surface area contributed by atoms with Crippen molar-refractivity contribution in [3.05, 3.63) is 12.2 Å². The van der Waals surface area contributed by atoms with Crippen LogP contribution in [0, 0.1) is 0 Å². The molecular formula is C8H13NO2. The van der Waals surface area contributed by atoms with Gasteiger partial charge in [-0.05, 0) is 13.3 Å². The zero-order valence-corrected chi connectivity index (χ0v) is 6.66. The largest absolute Gasteiger partial charge is 0.480 e. The molecule has 0 fully saturated rings. The van der Waals surface area contributed by atoms with Gasteiger partial charge in [-0.25, -0.2) is 0 Å². The summed E-state index contributed by atoms with van der Waals surface area (Å²) in [6, 6.07) is -0.347. The first-order chi connectivity index (χ1) is 5.22. The number of aliphatic carboxylic acids is 1. The zero-order valence-electron chi connectivity index (χ0n) is 6.66. The molecule has 1 aliphatic rings. The van der Waals surface area contributed by atoms with Crippen LogP contribution in [0.1, 0.15) is 13.3 Å². The molecule has 1 atom stereocenters. The van der Waals surface area contributed by atoms with E-state index in [0.29, 0.717) is 0 Å². The van der Waals surface area contributed by atoms with Crippen molar-refractivity contribution in [2.75, 3.05) is 13.1 Å². The Morgan fingerprint density at radius 1 is 1.64 bits per heavy atom. The lowest BCUT2D eigenvalue weighted by molar-refractivity contribution is -0.142. The van der Waals surface area contributed by atoms with Crippen LogP contribution in [0.25, 0.3) is 0 Å². The Labute approximate surface area is 66.3 Å². The highest BCUT2D eigenvalue weighted by atomic mass is 16.4. The Balaban J connectivity index is 2.46. The molecule has 1 unspecified atom stereocenters. The Kier molecular flexibility index (Phi) is 2.65. The van der Waals surface area contributed by atoms with E-state index in [1.165, 1.54) is 0 Å². The molecule has 0 aromatic heterocycles. The summed E-state index contributed by atoms with van der Waals surface area (Å²) >= 11 is 0. The molecule has 3 nitrogen and oxygen atoms in total. The fourth-order valence-corrected chi connectivity index (χ4v) is 1.17. The predicted molar refractivity (Wildman–Crippen MR) is 42.4 cm³/mol. The smallest absolute Gasteiger partial charge is 0.320 e. The van der Waals surface area contributed by atoms with Crippen LogP contribution in [0.15, 0.2) is 12.2 Å². The summed E-state index contributed by atoms with van der Waals surface area (Å²) in [7, 11) is 0. The molecule has 0 spiro atoms. The van der Waals surface area contributed by atoms with E-state index in [0.717, 1.165) is 19.5 Å². The quantitative estimate of drug-likeness (QED) is 0.597. The minimum absolute atomic E-state index is 0.347. The molecule has 0 aliphatic carbocycles. The molecule has 0 radical (unpaired) electrons. The van der Waals surface area contributed by atoms with E-state index in [-0.39, 0.29) is 6.04 Å². The van der Waals surface area contributed by atoms with E-state index < -0.39 is 5.97 Å². The maximum absolute atomic E-state index is 10.5. The summed E-state index contributed by atoms with van der Waals surface area (Å²) in [5, 5.41) is 8.67. The van der Waals surface area contributed by atoms with Gasteiger partial charge in [0.2, 0.25) is 0 Å². The van der Waals surface area contributed by atoms with Crippen LogP contribution in [-0.4, -0.2) is 35.1 Å². The maximum atomic E-state index is 10.5. The predicted octanol–water partition coefficient (Wildman–Crippen LogP) is 0.721. The fourth-order valence-electron chi connectivity index (χ4n) is 1.17. The molecule has 1 N–H and O–H groups in total. The molecule has 0 aromatic rings. The van der Waals surface area contributed by atoms with Gasteiger partial charge in [-0.15, -0.1) is 0 Å². The lowest BCUT2D eigenvalue weighted by Gasteiger charge is -2.26.